The van der Waals surface area contributed by atoms with E-state index in [0.29, 0.717) is 12.6 Å². The number of hydrogen-bond donors (Lipinski definition) is 2. The van der Waals surface area contributed by atoms with Gasteiger partial charge in [-0.1, -0.05) is 18.2 Å². The van der Waals surface area contributed by atoms with Gasteiger partial charge in [0, 0.05) is 30.2 Å². The second-order valence-corrected chi connectivity index (χ2v) is 5.15. The molecule has 0 radical (unpaired) electrons. The molecule has 4 nitrogen and oxygen atoms in total. The summed E-state index contributed by atoms with van der Waals surface area (Å²) >= 11 is 0. The van der Waals surface area contributed by atoms with Gasteiger partial charge in [-0.25, -0.2) is 0 Å². The Morgan fingerprint density at radius 1 is 1.32 bits per heavy atom. The number of likely N-dealkylation sites (N-methyl/N-ethyl adjacent to an activating group) is 1. The van der Waals surface area contributed by atoms with E-state index in [9.17, 15) is 4.79 Å². The molecule has 0 aliphatic carbocycles. The first-order valence-electron chi connectivity index (χ1n) is 6.56. The molecule has 1 aromatic heterocycles. The Balaban J connectivity index is 2.08. The Morgan fingerprint density at radius 3 is 2.79 bits per heavy atom. The molecule has 0 spiro atoms. The highest BCUT2D eigenvalue weighted by atomic mass is 16.1. The number of H-pyrrole nitrogens is 1. The van der Waals surface area contributed by atoms with Crippen LogP contribution in [0.25, 0.3) is 10.9 Å². The second-order valence-electron chi connectivity index (χ2n) is 5.15. The van der Waals surface area contributed by atoms with Crippen LogP contribution in [0.5, 0.6) is 0 Å². The number of pyridine rings is 1. The van der Waals surface area contributed by atoms with Crippen LogP contribution in [0.1, 0.15) is 12.5 Å². The molecule has 0 fully saturated rings. The predicted molar refractivity (Wildman–Crippen MR) is 79.4 cm³/mol. The molecular weight excluding hydrogens is 238 g/mol. The number of para-hydroxylation sites is 1. The Kier molecular flexibility index (Phi) is 4.35. The van der Waals surface area contributed by atoms with E-state index in [0.717, 1.165) is 23.0 Å². The van der Waals surface area contributed by atoms with E-state index in [1.54, 1.807) is 0 Å². The van der Waals surface area contributed by atoms with Crippen LogP contribution in [0.2, 0.25) is 0 Å². The maximum absolute atomic E-state index is 11.9. The van der Waals surface area contributed by atoms with Gasteiger partial charge in [0.15, 0.2) is 0 Å². The van der Waals surface area contributed by atoms with Crippen molar-refractivity contribution in [3.05, 3.63) is 46.2 Å². The number of hydrogen-bond acceptors (Lipinski definition) is 3. The first kappa shape index (κ1) is 13.8. The number of rotatable bonds is 5. The fourth-order valence-electron chi connectivity index (χ4n) is 1.92. The average Bonchev–Trinajstić information content (AvgIpc) is 2.39. The lowest BCUT2D eigenvalue weighted by atomic mass is 10.1. The molecule has 2 N–H and O–H groups in total. The lowest BCUT2D eigenvalue weighted by Crippen LogP contribution is -2.35. The summed E-state index contributed by atoms with van der Waals surface area (Å²) in [5.74, 6) is 0. The van der Waals surface area contributed by atoms with Gasteiger partial charge in [0.2, 0.25) is 0 Å². The summed E-state index contributed by atoms with van der Waals surface area (Å²) < 4.78 is 0. The molecule has 0 bridgehead atoms. The third kappa shape index (κ3) is 3.43. The molecule has 0 saturated heterocycles. The monoisotopic (exact) mass is 259 g/mol. The van der Waals surface area contributed by atoms with E-state index >= 15 is 0 Å². The highest BCUT2D eigenvalue weighted by Crippen LogP contribution is 2.09. The van der Waals surface area contributed by atoms with Gasteiger partial charge in [0.25, 0.3) is 5.56 Å². The number of nitrogens with one attached hydrogen (secondary N) is 2. The Bertz CT molecular complexity index is 604. The molecule has 0 amide bonds. The minimum absolute atomic E-state index is 0.0105. The van der Waals surface area contributed by atoms with Crippen LogP contribution in [0, 0.1) is 0 Å². The van der Waals surface area contributed by atoms with Crippen LogP contribution >= 0.6 is 0 Å². The summed E-state index contributed by atoms with van der Waals surface area (Å²) in [6.07, 6.45) is 0. The van der Waals surface area contributed by atoms with Crippen LogP contribution in [-0.4, -0.2) is 36.6 Å². The summed E-state index contributed by atoms with van der Waals surface area (Å²) in [6.45, 7) is 3.61. The van der Waals surface area contributed by atoms with Crippen molar-refractivity contribution in [3.63, 3.8) is 0 Å². The van der Waals surface area contributed by atoms with E-state index in [2.05, 4.69) is 36.2 Å². The Morgan fingerprint density at radius 2 is 2.05 bits per heavy atom. The third-order valence-corrected chi connectivity index (χ3v) is 3.47. The topological polar surface area (TPSA) is 48.1 Å². The maximum Gasteiger partial charge on any atom is 0.252 e. The van der Waals surface area contributed by atoms with Gasteiger partial charge < -0.3 is 15.2 Å². The van der Waals surface area contributed by atoms with Crippen molar-refractivity contribution >= 4 is 10.9 Å². The highest BCUT2D eigenvalue weighted by molar-refractivity contribution is 5.78. The average molecular weight is 259 g/mol. The van der Waals surface area contributed by atoms with Crippen molar-refractivity contribution in [2.75, 3.05) is 20.6 Å². The summed E-state index contributed by atoms with van der Waals surface area (Å²) in [4.78, 5) is 17.0. The minimum Gasteiger partial charge on any atom is -0.322 e. The molecule has 0 aliphatic heterocycles. The zero-order valence-corrected chi connectivity index (χ0v) is 11.7. The number of fused-ring (bicyclic) bond motifs is 1. The van der Waals surface area contributed by atoms with Crippen LogP contribution in [-0.2, 0) is 6.54 Å². The van der Waals surface area contributed by atoms with Crippen LogP contribution in [0.15, 0.2) is 35.1 Å². The summed E-state index contributed by atoms with van der Waals surface area (Å²) in [6, 6.07) is 10.2. The van der Waals surface area contributed by atoms with Crippen molar-refractivity contribution in [1.29, 1.82) is 0 Å². The molecule has 1 atom stereocenters. The maximum atomic E-state index is 11.9. The lowest BCUT2D eigenvalue weighted by molar-refractivity contribution is 0.302. The summed E-state index contributed by atoms with van der Waals surface area (Å²) in [7, 11) is 4.10. The van der Waals surface area contributed by atoms with Gasteiger partial charge >= 0.3 is 0 Å². The van der Waals surface area contributed by atoms with Crippen molar-refractivity contribution < 1.29 is 0 Å². The fraction of sp³-hybridized carbons (Fsp3) is 0.400. The van der Waals surface area contributed by atoms with Crippen molar-refractivity contribution in [2.24, 2.45) is 0 Å². The number of benzene rings is 1. The molecule has 2 aromatic rings. The molecule has 1 heterocycles. The van der Waals surface area contributed by atoms with E-state index in [1.807, 2.05) is 30.3 Å². The van der Waals surface area contributed by atoms with E-state index in [-0.39, 0.29) is 5.56 Å². The Labute approximate surface area is 113 Å². The summed E-state index contributed by atoms with van der Waals surface area (Å²) in [5, 5.41) is 4.40. The van der Waals surface area contributed by atoms with E-state index < -0.39 is 0 Å². The largest absolute Gasteiger partial charge is 0.322 e. The SMILES string of the molecule is CC(CNCc1cc2ccccc2[nH]c1=O)N(C)C. The lowest BCUT2D eigenvalue weighted by Gasteiger charge is -2.19. The molecule has 1 aromatic carbocycles. The number of nitrogens with zero attached hydrogens (tertiary/aromatic N) is 1. The van der Waals surface area contributed by atoms with E-state index in [1.165, 1.54) is 0 Å². The predicted octanol–water partition coefficient (Wildman–Crippen LogP) is 1.57. The molecule has 0 aliphatic rings. The van der Waals surface area contributed by atoms with Gasteiger partial charge in [-0.05, 0) is 38.5 Å². The normalized spacial score (nSPS) is 13.1. The first-order chi connectivity index (χ1) is 9.08. The summed E-state index contributed by atoms with van der Waals surface area (Å²) in [5.41, 5.74) is 1.66. The quantitative estimate of drug-likeness (QED) is 0.857. The zero-order valence-electron chi connectivity index (χ0n) is 11.7. The smallest absolute Gasteiger partial charge is 0.252 e. The fourth-order valence-corrected chi connectivity index (χ4v) is 1.92. The van der Waals surface area contributed by atoms with Crippen molar-refractivity contribution in [1.82, 2.24) is 15.2 Å². The number of aromatic nitrogens is 1. The zero-order chi connectivity index (χ0) is 13.8. The van der Waals surface area contributed by atoms with Gasteiger partial charge in [-0.3, -0.25) is 4.79 Å². The molecule has 4 heteroatoms. The molecule has 2 rings (SSSR count). The standard InChI is InChI=1S/C15H21N3O/c1-11(18(2)3)9-16-10-13-8-12-6-4-5-7-14(12)17-15(13)19/h4-8,11,16H,9-10H2,1-3H3,(H,17,19). The molecular formula is C15H21N3O. The minimum atomic E-state index is -0.0105. The van der Waals surface area contributed by atoms with E-state index in [4.69, 9.17) is 0 Å². The Hall–Kier alpha value is -1.65. The second kappa shape index (κ2) is 5.99. The van der Waals surface area contributed by atoms with Crippen molar-refractivity contribution in [3.8, 4) is 0 Å². The van der Waals surface area contributed by atoms with Crippen LogP contribution in [0.3, 0.4) is 0 Å². The van der Waals surface area contributed by atoms with Crippen molar-refractivity contribution in [2.45, 2.75) is 19.5 Å². The van der Waals surface area contributed by atoms with Gasteiger partial charge in [0.1, 0.15) is 0 Å². The number of aromatic amines is 1. The van der Waals surface area contributed by atoms with Crippen LogP contribution in [0.4, 0.5) is 0 Å². The highest BCUT2D eigenvalue weighted by Gasteiger charge is 2.05. The molecule has 102 valence electrons. The van der Waals surface area contributed by atoms with Gasteiger partial charge in [0.05, 0.1) is 0 Å². The van der Waals surface area contributed by atoms with Gasteiger partial charge in [-0.15, -0.1) is 0 Å². The van der Waals surface area contributed by atoms with Crippen LogP contribution < -0.4 is 10.9 Å². The third-order valence-electron chi connectivity index (χ3n) is 3.47. The molecule has 19 heavy (non-hydrogen) atoms. The molecule has 0 saturated carbocycles. The first-order valence-corrected chi connectivity index (χ1v) is 6.56. The van der Waals surface area contributed by atoms with Gasteiger partial charge in [-0.2, -0.15) is 0 Å². The molecule has 1 unspecified atom stereocenters.